The molecule has 308 valence electrons. The summed E-state index contributed by atoms with van der Waals surface area (Å²) < 4.78 is 17.2. The van der Waals surface area contributed by atoms with Gasteiger partial charge in [0.2, 0.25) is 12.1 Å². The number of hydrogen-bond donors (Lipinski definition) is 7. The van der Waals surface area contributed by atoms with Crippen LogP contribution in [0.3, 0.4) is 0 Å². The van der Waals surface area contributed by atoms with Gasteiger partial charge in [-0.1, -0.05) is 73.9 Å². The fraction of sp³-hybridized carbons (Fsp3) is 0.333. The fourth-order valence-electron chi connectivity index (χ4n) is 8.33. The molecular weight excluding hydrogens is 764 g/mol. The summed E-state index contributed by atoms with van der Waals surface area (Å²) in [6.45, 7) is 1.66. The molecule has 4 atom stereocenters. The maximum absolute atomic E-state index is 14.8. The summed E-state index contributed by atoms with van der Waals surface area (Å²) in [7, 11) is 0. The minimum Gasteiger partial charge on any atom is -0.507 e. The van der Waals surface area contributed by atoms with Crippen LogP contribution in [0.25, 0.3) is 12.2 Å². The van der Waals surface area contributed by atoms with E-state index in [1.165, 1.54) is 19.1 Å². The second-order valence-corrected chi connectivity index (χ2v) is 15.2. The lowest BCUT2D eigenvalue weighted by Crippen LogP contribution is -2.67. The highest BCUT2D eigenvalue weighted by atomic mass is 16.7. The number of aliphatic hydroxyl groups excluding tert-OH is 3. The molecule has 0 spiro atoms. The summed E-state index contributed by atoms with van der Waals surface area (Å²) >= 11 is 0. The maximum Gasteiger partial charge on any atom is 0.308 e. The topological polar surface area (TPSA) is 238 Å². The second-order valence-electron chi connectivity index (χ2n) is 15.2. The van der Waals surface area contributed by atoms with Crippen LogP contribution in [0.5, 0.6) is 17.2 Å². The number of benzene rings is 4. The van der Waals surface area contributed by atoms with Gasteiger partial charge in [0.25, 0.3) is 0 Å². The van der Waals surface area contributed by atoms with Crippen LogP contribution in [0.15, 0.2) is 60.7 Å². The van der Waals surface area contributed by atoms with Crippen LogP contribution in [-0.4, -0.2) is 90.0 Å². The predicted octanol–water partition coefficient (Wildman–Crippen LogP) is 3.84. The van der Waals surface area contributed by atoms with Crippen LogP contribution in [-0.2, 0) is 28.2 Å². The van der Waals surface area contributed by atoms with E-state index in [0.717, 1.165) is 32.3 Å². The summed E-state index contributed by atoms with van der Waals surface area (Å²) in [4.78, 5) is 54.6. The lowest BCUT2D eigenvalue weighted by atomic mass is 9.76. The Morgan fingerprint density at radius 3 is 2.22 bits per heavy atom. The molecule has 1 saturated heterocycles. The molecule has 2 aliphatic carbocycles. The number of hydrogen-bond acceptors (Lipinski definition) is 14. The van der Waals surface area contributed by atoms with E-state index in [1.54, 1.807) is 54.6 Å². The first-order valence-electron chi connectivity index (χ1n) is 19.2. The van der Waals surface area contributed by atoms with E-state index >= 15 is 0 Å². The van der Waals surface area contributed by atoms with Crippen molar-refractivity contribution in [1.29, 1.82) is 0 Å². The summed E-state index contributed by atoms with van der Waals surface area (Å²) in [6.07, 6.45) is -0.986. The van der Waals surface area contributed by atoms with E-state index in [2.05, 4.69) is 0 Å². The number of aromatic hydroxyl groups is 1. The van der Waals surface area contributed by atoms with Crippen molar-refractivity contribution < 1.29 is 69.1 Å². The number of phenolic OH excluding ortho intramolecular Hbond substituents is 1. The molecule has 59 heavy (non-hydrogen) atoms. The SMILES string of the molecule is CC(=O)Oc1cc(CO)c2c(c1C=Cc1ccccc1)C(=O)c1cc(OC3OC(C)C(O)C(O)(O)C3O)c(Cc3cccc(C4(O)CCCCC4)c3C=O)c(O)c1C2=O. The Morgan fingerprint density at radius 1 is 0.847 bits per heavy atom. The number of rotatable bonds is 10. The van der Waals surface area contributed by atoms with E-state index in [9.17, 15) is 54.9 Å². The monoisotopic (exact) mass is 808 g/mol. The lowest BCUT2D eigenvalue weighted by Gasteiger charge is -2.44. The van der Waals surface area contributed by atoms with Crippen LogP contribution in [0.1, 0.15) is 122 Å². The second kappa shape index (κ2) is 16.2. The molecule has 1 saturated carbocycles. The molecule has 7 rings (SSSR count). The molecule has 4 unspecified atom stereocenters. The molecule has 1 aliphatic heterocycles. The van der Waals surface area contributed by atoms with Gasteiger partial charge in [-0.2, -0.15) is 0 Å². The van der Waals surface area contributed by atoms with Gasteiger partial charge in [0.05, 0.1) is 23.9 Å². The van der Waals surface area contributed by atoms with Gasteiger partial charge in [-0.3, -0.25) is 19.2 Å². The van der Waals surface area contributed by atoms with Crippen LogP contribution in [0.2, 0.25) is 0 Å². The van der Waals surface area contributed by atoms with Crippen molar-refractivity contribution in [2.75, 3.05) is 0 Å². The average Bonchev–Trinajstić information content (AvgIpc) is 3.21. The number of phenols is 1. The van der Waals surface area contributed by atoms with Gasteiger partial charge in [-0.15, -0.1) is 0 Å². The number of carbonyl (C=O) groups excluding carboxylic acids is 4. The third-order valence-corrected chi connectivity index (χ3v) is 11.4. The van der Waals surface area contributed by atoms with Gasteiger partial charge < -0.3 is 50.0 Å². The molecule has 4 aromatic carbocycles. The number of ketones is 2. The Morgan fingerprint density at radius 2 is 1.56 bits per heavy atom. The van der Waals surface area contributed by atoms with Crippen molar-refractivity contribution >= 4 is 36.0 Å². The Bertz CT molecular complexity index is 2360. The molecule has 4 aromatic rings. The Hall–Kier alpha value is -5.58. The minimum atomic E-state index is -3.13. The molecule has 1 heterocycles. The molecule has 0 amide bonds. The minimum absolute atomic E-state index is 0.0126. The van der Waals surface area contributed by atoms with Gasteiger partial charge in [-0.25, -0.2) is 0 Å². The predicted molar refractivity (Wildman–Crippen MR) is 210 cm³/mol. The van der Waals surface area contributed by atoms with Crippen molar-refractivity contribution in [3.8, 4) is 17.2 Å². The normalized spacial score (nSPS) is 22.1. The van der Waals surface area contributed by atoms with E-state index in [4.69, 9.17) is 14.2 Å². The lowest BCUT2D eigenvalue weighted by molar-refractivity contribution is -0.371. The first-order chi connectivity index (χ1) is 28.1. The molecule has 14 heteroatoms. The Labute approximate surface area is 338 Å². The van der Waals surface area contributed by atoms with Crippen molar-refractivity contribution in [2.24, 2.45) is 0 Å². The smallest absolute Gasteiger partial charge is 0.308 e. The third kappa shape index (κ3) is 7.49. The van der Waals surface area contributed by atoms with E-state index < -0.39 is 77.0 Å². The number of carbonyl (C=O) groups is 4. The van der Waals surface area contributed by atoms with Crippen molar-refractivity contribution in [3.05, 3.63) is 122 Å². The number of ether oxygens (including phenoxy) is 3. The van der Waals surface area contributed by atoms with Crippen LogP contribution >= 0.6 is 0 Å². The highest BCUT2D eigenvalue weighted by molar-refractivity contribution is 6.31. The first kappa shape index (κ1) is 41.6. The standard InChI is InChI=1S/C45H44O14/c1-23-41(52)45(55,56)42(53)43(57-23)59-34-20-30-37(38(49)29(34)18-26-12-9-13-32(31(26)22-47)44(54)16-7-4-8-17-44)40(51)35-27(21-46)19-33(58-24(2)48)28(36(35)39(30)50)15-14-25-10-5-3-6-11-25/h3,5-6,9-15,19-20,22-23,41-43,46,49,52-56H,4,7-8,16-18,21H2,1-2H3. The van der Waals surface area contributed by atoms with Gasteiger partial charge in [0.1, 0.15) is 23.4 Å². The molecule has 7 N–H and O–H groups in total. The number of aliphatic hydroxyl groups is 6. The molecule has 0 radical (unpaired) electrons. The molecular formula is C45H44O14. The van der Waals surface area contributed by atoms with Crippen molar-refractivity contribution in [2.45, 2.75) is 95.0 Å². The van der Waals surface area contributed by atoms with Crippen molar-refractivity contribution in [1.82, 2.24) is 0 Å². The molecule has 2 fully saturated rings. The summed E-state index contributed by atoms with van der Waals surface area (Å²) in [5, 5.41) is 77.0. The van der Waals surface area contributed by atoms with Gasteiger partial charge in [0.15, 0.2) is 24.0 Å². The largest absolute Gasteiger partial charge is 0.507 e. The van der Waals surface area contributed by atoms with Gasteiger partial charge in [0, 0.05) is 46.7 Å². The maximum atomic E-state index is 14.8. The van der Waals surface area contributed by atoms with Gasteiger partial charge >= 0.3 is 5.97 Å². The molecule has 0 bridgehead atoms. The molecule has 0 aromatic heterocycles. The Kier molecular flexibility index (Phi) is 11.4. The molecule has 3 aliphatic rings. The summed E-state index contributed by atoms with van der Waals surface area (Å²) in [5.41, 5.74) is -1.51. The highest BCUT2D eigenvalue weighted by Gasteiger charge is 2.54. The molecule has 14 nitrogen and oxygen atoms in total. The van der Waals surface area contributed by atoms with Crippen molar-refractivity contribution in [3.63, 3.8) is 0 Å². The average molecular weight is 809 g/mol. The van der Waals surface area contributed by atoms with E-state index in [0.29, 0.717) is 30.3 Å². The van der Waals surface area contributed by atoms with Crippen LogP contribution < -0.4 is 9.47 Å². The highest BCUT2D eigenvalue weighted by Crippen LogP contribution is 2.46. The fourth-order valence-corrected chi connectivity index (χ4v) is 8.33. The zero-order valence-electron chi connectivity index (χ0n) is 32.3. The van der Waals surface area contributed by atoms with E-state index in [1.807, 2.05) is 0 Å². The van der Waals surface area contributed by atoms with E-state index in [-0.39, 0.29) is 56.9 Å². The first-order valence-corrected chi connectivity index (χ1v) is 19.2. The quantitative estimate of drug-likeness (QED) is 0.0349. The third-order valence-electron chi connectivity index (χ3n) is 11.4. The zero-order valence-corrected chi connectivity index (χ0v) is 32.3. The Balaban J connectivity index is 1.44. The summed E-state index contributed by atoms with van der Waals surface area (Å²) in [5.74, 6) is -6.92. The number of fused-ring (bicyclic) bond motifs is 2. The van der Waals surface area contributed by atoms with Crippen LogP contribution in [0, 0.1) is 0 Å². The van der Waals surface area contributed by atoms with Crippen LogP contribution in [0.4, 0.5) is 0 Å². The summed E-state index contributed by atoms with van der Waals surface area (Å²) in [6, 6.07) is 16.1. The number of aldehydes is 1. The van der Waals surface area contributed by atoms with Gasteiger partial charge in [-0.05, 0) is 60.2 Å². The number of esters is 1. The zero-order chi connectivity index (χ0) is 42.4.